The minimum atomic E-state index is -0.995. The van der Waals surface area contributed by atoms with Crippen molar-refractivity contribution in [3.05, 3.63) is 35.4 Å². The smallest absolute Gasteiger partial charge is 0.335 e. The topological polar surface area (TPSA) is 131 Å². The molecule has 3 rings (SSSR count). The second-order valence-electron chi connectivity index (χ2n) is 7.95. The minimum absolute atomic E-state index is 0.0230. The van der Waals surface area contributed by atoms with Crippen LogP contribution in [0.3, 0.4) is 0 Å². The summed E-state index contributed by atoms with van der Waals surface area (Å²) in [6.07, 6.45) is 3.66. The van der Waals surface area contributed by atoms with Crippen LogP contribution in [-0.4, -0.2) is 82.9 Å². The first-order valence-corrected chi connectivity index (χ1v) is 12.5. The zero-order chi connectivity index (χ0) is 27.0. The van der Waals surface area contributed by atoms with Gasteiger partial charge in [0.15, 0.2) is 0 Å². The summed E-state index contributed by atoms with van der Waals surface area (Å²) in [6, 6.07) is 8.16. The predicted molar refractivity (Wildman–Crippen MR) is 138 cm³/mol. The number of nitriles is 1. The second-order valence-corrected chi connectivity index (χ2v) is 7.95. The van der Waals surface area contributed by atoms with E-state index in [0.29, 0.717) is 19.4 Å². The molecule has 196 valence electrons. The van der Waals surface area contributed by atoms with E-state index in [1.54, 1.807) is 28.0 Å². The van der Waals surface area contributed by atoms with Crippen molar-refractivity contribution in [1.29, 1.82) is 5.26 Å². The number of carbonyl (C=O) groups excluding carboxylic acids is 2. The van der Waals surface area contributed by atoms with Crippen molar-refractivity contribution < 1.29 is 19.5 Å². The van der Waals surface area contributed by atoms with Gasteiger partial charge >= 0.3 is 12.0 Å². The number of aldehydes is 1. The molecule has 2 aliphatic heterocycles. The predicted octanol–water partition coefficient (Wildman–Crippen LogP) is 3.58. The molecule has 0 aromatic heterocycles. The van der Waals surface area contributed by atoms with Gasteiger partial charge in [-0.2, -0.15) is 5.26 Å². The Balaban J connectivity index is 0.000000801. The lowest BCUT2D eigenvalue weighted by molar-refractivity contribution is -0.109. The average molecular weight is 490 g/mol. The van der Waals surface area contributed by atoms with Crippen molar-refractivity contribution in [3.63, 3.8) is 0 Å². The molecule has 2 amide bonds. The third-order valence-corrected chi connectivity index (χ3v) is 5.66. The summed E-state index contributed by atoms with van der Waals surface area (Å²) in [4.78, 5) is 39.6. The molecule has 0 bridgehead atoms. The fraction of sp³-hybridized carbons (Fsp3) is 0.615. The Morgan fingerprint density at radius 3 is 2.43 bits per heavy atom. The number of benzene rings is 1. The van der Waals surface area contributed by atoms with Gasteiger partial charge in [0.25, 0.3) is 0 Å². The van der Waals surface area contributed by atoms with Crippen molar-refractivity contribution in [2.75, 3.05) is 26.7 Å². The molecule has 2 aliphatic rings. The van der Waals surface area contributed by atoms with Gasteiger partial charge in [0, 0.05) is 19.6 Å². The van der Waals surface area contributed by atoms with E-state index >= 15 is 0 Å². The summed E-state index contributed by atoms with van der Waals surface area (Å²) >= 11 is 0. The lowest BCUT2D eigenvalue weighted by atomic mass is 10.1. The van der Waals surface area contributed by atoms with E-state index in [4.69, 9.17) is 16.1 Å². The lowest BCUT2D eigenvalue weighted by Gasteiger charge is -2.22. The molecule has 0 spiro atoms. The maximum absolute atomic E-state index is 12.5. The van der Waals surface area contributed by atoms with Crippen molar-refractivity contribution in [1.82, 2.24) is 14.7 Å². The highest BCUT2D eigenvalue weighted by Gasteiger charge is 2.36. The zero-order valence-corrected chi connectivity index (χ0v) is 22.1. The van der Waals surface area contributed by atoms with Crippen LogP contribution in [0.2, 0.25) is 0 Å². The number of amides is 2. The summed E-state index contributed by atoms with van der Waals surface area (Å²) in [6.45, 7) is 12.1. The number of hydrogen-bond donors (Lipinski definition) is 2. The van der Waals surface area contributed by atoms with Crippen LogP contribution in [0.25, 0.3) is 0 Å². The number of aromatic carboxylic acids is 1. The van der Waals surface area contributed by atoms with E-state index in [2.05, 4.69) is 11.0 Å². The van der Waals surface area contributed by atoms with E-state index in [1.165, 1.54) is 12.5 Å². The minimum Gasteiger partial charge on any atom is -0.478 e. The number of carbonyl (C=O) groups is 3. The maximum atomic E-state index is 12.5. The van der Waals surface area contributed by atoms with Crippen LogP contribution < -0.4 is 5.73 Å². The Kier molecular flexibility index (Phi) is 16.0. The molecule has 2 heterocycles. The van der Waals surface area contributed by atoms with Crippen molar-refractivity contribution in [3.8, 4) is 6.07 Å². The fourth-order valence-corrected chi connectivity index (χ4v) is 3.84. The summed E-state index contributed by atoms with van der Waals surface area (Å²) in [5, 5.41) is 17.5. The number of nitrogens with two attached hydrogens (primary N) is 1. The highest BCUT2D eigenvalue weighted by Crippen LogP contribution is 2.22. The third kappa shape index (κ3) is 10.0. The van der Waals surface area contributed by atoms with Gasteiger partial charge in [0.05, 0.1) is 29.8 Å². The standard InChI is InChI=1S/C16H21N3O4.C6H10N2.2C2H6/c1-2-14-9-18(8-13(17)10-20)16(23)19(14)7-11-4-3-5-12(6-11)15(21)22;1-8-4-2-3-6(8)5-7;2*1-2/h3-6,10,13-14H,2,7-9,17H2,1H3,(H,21,22);6H,2-4H2,1H3;2*1-2H3/t13?,14-;;;/m0.../s1. The lowest BCUT2D eigenvalue weighted by Crippen LogP contribution is -2.41. The van der Waals surface area contributed by atoms with Crippen LogP contribution in [0, 0.1) is 11.3 Å². The molecular formula is C26H43N5O4. The van der Waals surface area contributed by atoms with Crippen LogP contribution in [0.4, 0.5) is 4.79 Å². The van der Waals surface area contributed by atoms with Gasteiger partial charge in [-0.1, -0.05) is 46.8 Å². The molecule has 0 saturated carbocycles. The number of likely N-dealkylation sites (tertiary alicyclic amines) is 1. The van der Waals surface area contributed by atoms with Crippen molar-refractivity contribution in [2.45, 2.75) is 78.6 Å². The Morgan fingerprint density at radius 1 is 1.31 bits per heavy atom. The maximum Gasteiger partial charge on any atom is 0.335 e. The highest BCUT2D eigenvalue weighted by molar-refractivity contribution is 5.87. The monoisotopic (exact) mass is 489 g/mol. The van der Waals surface area contributed by atoms with Crippen molar-refractivity contribution in [2.24, 2.45) is 5.73 Å². The summed E-state index contributed by atoms with van der Waals surface area (Å²) < 4.78 is 0. The molecule has 0 aliphatic carbocycles. The Bertz CT molecular complexity index is 826. The molecule has 9 nitrogen and oxygen atoms in total. The molecule has 2 unspecified atom stereocenters. The number of urea groups is 1. The van der Waals surface area contributed by atoms with Crippen LogP contribution >= 0.6 is 0 Å². The first-order chi connectivity index (χ1) is 16.8. The quantitative estimate of drug-likeness (QED) is 0.560. The molecule has 1 aromatic rings. The second kappa shape index (κ2) is 17.5. The SMILES string of the molecule is CC.CC.CC[C@H]1CN(CC(N)C=O)C(=O)N1Cc1cccc(C(=O)O)c1.CN1CCCC1C#N. The number of carboxylic acid groups (broad SMARTS) is 1. The fourth-order valence-electron chi connectivity index (χ4n) is 3.84. The molecule has 35 heavy (non-hydrogen) atoms. The molecule has 1 aromatic carbocycles. The van der Waals surface area contributed by atoms with Gasteiger partial charge < -0.3 is 25.4 Å². The molecule has 9 heteroatoms. The van der Waals surface area contributed by atoms with E-state index in [-0.39, 0.29) is 30.2 Å². The van der Waals surface area contributed by atoms with Gasteiger partial charge in [-0.3, -0.25) is 4.90 Å². The van der Waals surface area contributed by atoms with E-state index in [9.17, 15) is 14.4 Å². The zero-order valence-electron chi connectivity index (χ0n) is 22.1. The van der Waals surface area contributed by atoms with Gasteiger partial charge in [0.1, 0.15) is 6.29 Å². The van der Waals surface area contributed by atoms with Crippen LogP contribution in [0.15, 0.2) is 24.3 Å². The van der Waals surface area contributed by atoms with E-state index in [0.717, 1.165) is 24.9 Å². The normalized spacial score (nSPS) is 19.8. The molecular weight excluding hydrogens is 446 g/mol. The van der Waals surface area contributed by atoms with Gasteiger partial charge in [0.2, 0.25) is 0 Å². The molecule has 0 radical (unpaired) electrons. The molecule has 2 fully saturated rings. The summed E-state index contributed by atoms with van der Waals surface area (Å²) in [7, 11) is 2.00. The third-order valence-electron chi connectivity index (χ3n) is 5.66. The van der Waals surface area contributed by atoms with Gasteiger partial charge in [-0.15, -0.1) is 0 Å². The first kappa shape index (κ1) is 32.0. The average Bonchev–Trinajstić information content (AvgIpc) is 3.44. The van der Waals surface area contributed by atoms with Crippen LogP contribution in [0.5, 0.6) is 0 Å². The largest absolute Gasteiger partial charge is 0.478 e. The van der Waals surface area contributed by atoms with E-state index in [1.807, 2.05) is 41.7 Å². The Hall–Kier alpha value is -2.96. The summed E-state index contributed by atoms with van der Waals surface area (Å²) in [5.41, 5.74) is 6.57. The number of nitrogens with zero attached hydrogens (tertiary/aromatic N) is 4. The molecule has 2 saturated heterocycles. The highest BCUT2D eigenvalue weighted by atomic mass is 16.4. The van der Waals surface area contributed by atoms with E-state index < -0.39 is 12.0 Å². The first-order valence-electron chi connectivity index (χ1n) is 12.5. The summed E-state index contributed by atoms with van der Waals surface area (Å²) in [5.74, 6) is -0.995. The number of hydrogen-bond acceptors (Lipinski definition) is 6. The van der Waals surface area contributed by atoms with Gasteiger partial charge in [-0.25, -0.2) is 9.59 Å². The number of rotatable bonds is 7. The van der Waals surface area contributed by atoms with Crippen molar-refractivity contribution >= 4 is 18.3 Å². The molecule has 3 atom stereocenters. The van der Waals surface area contributed by atoms with Gasteiger partial charge in [-0.05, 0) is 50.6 Å². The Labute approximate surface area is 210 Å². The van der Waals surface area contributed by atoms with Crippen LogP contribution in [0.1, 0.15) is 69.8 Å². The van der Waals surface area contributed by atoms with Crippen LogP contribution in [-0.2, 0) is 11.3 Å². The number of carboxylic acids is 1. The Morgan fingerprint density at radius 2 is 1.97 bits per heavy atom. The molecule has 3 N–H and O–H groups in total.